The first-order chi connectivity index (χ1) is 5.20. The van der Waals surface area contributed by atoms with E-state index in [1.807, 2.05) is 18.7 Å². The van der Waals surface area contributed by atoms with Gasteiger partial charge in [-0.2, -0.15) is 11.8 Å². The van der Waals surface area contributed by atoms with Gasteiger partial charge >= 0.3 is 0 Å². The summed E-state index contributed by atoms with van der Waals surface area (Å²) >= 11 is 7.39. The third kappa shape index (κ3) is 6.73. The van der Waals surface area contributed by atoms with Gasteiger partial charge in [-0.3, -0.25) is 0 Å². The molecule has 0 heterocycles. The lowest BCUT2D eigenvalue weighted by Gasteiger charge is -2.06. The van der Waals surface area contributed by atoms with Gasteiger partial charge < -0.3 is 5.73 Å². The van der Waals surface area contributed by atoms with Crippen molar-refractivity contribution in [3.63, 3.8) is 0 Å². The highest BCUT2D eigenvalue weighted by Gasteiger charge is 1.98. The van der Waals surface area contributed by atoms with Crippen LogP contribution in [0.1, 0.15) is 13.8 Å². The van der Waals surface area contributed by atoms with Crippen molar-refractivity contribution < 1.29 is 0 Å². The minimum atomic E-state index is 0.614. The van der Waals surface area contributed by atoms with Crippen LogP contribution in [0, 0.1) is 5.92 Å². The summed E-state index contributed by atoms with van der Waals surface area (Å²) in [5, 5.41) is 0. The van der Waals surface area contributed by atoms with Crippen molar-refractivity contribution in [3.8, 4) is 0 Å². The molecule has 0 amide bonds. The molecule has 1 nitrogen and oxygen atoms in total. The van der Waals surface area contributed by atoms with Crippen LogP contribution in [0.3, 0.4) is 0 Å². The maximum Gasteiger partial charge on any atom is 0.0152 e. The lowest BCUT2D eigenvalue weighted by Crippen LogP contribution is -2.12. The van der Waals surface area contributed by atoms with Crippen LogP contribution in [-0.2, 0) is 0 Å². The van der Waals surface area contributed by atoms with Crippen molar-refractivity contribution in [1.29, 1.82) is 0 Å². The van der Waals surface area contributed by atoms with Crippen LogP contribution in [0.15, 0.2) is 11.1 Å². The summed E-state index contributed by atoms with van der Waals surface area (Å²) in [6.07, 6.45) is 0. The smallest absolute Gasteiger partial charge is 0.0152 e. The largest absolute Gasteiger partial charge is 0.330 e. The first-order valence-electron chi connectivity index (χ1n) is 3.74. The van der Waals surface area contributed by atoms with Crippen molar-refractivity contribution >= 4 is 23.4 Å². The molecule has 0 aromatic heterocycles. The molecular weight excluding hydrogens is 178 g/mol. The molecule has 0 fully saturated rings. The average Bonchev–Trinajstić information content (AvgIpc) is 2.04. The zero-order valence-electron chi connectivity index (χ0n) is 7.14. The standard InChI is InChI=1S/C8H16ClNS/c1-7(3-9)5-11-6-8(2)4-10/h3,8H,4-6,10H2,1-2H3. The van der Waals surface area contributed by atoms with Crippen LogP contribution in [-0.4, -0.2) is 18.1 Å². The molecular formula is C8H16ClNS. The topological polar surface area (TPSA) is 26.0 Å². The second kappa shape index (κ2) is 7.01. The highest BCUT2D eigenvalue weighted by Crippen LogP contribution is 2.11. The number of hydrogen-bond acceptors (Lipinski definition) is 2. The molecule has 0 saturated heterocycles. The summed E-state index contributed by atoms with van der Waals surface area (Å²) in [7, 11) is 0. The molecule has 0 saturated carbocycles. The molecule has 0 aliphatic carbocycles. The molecule has 2 N–H and O–H groups in total. The zero-order chi connectivity index (χ0) is 8.69. The van der Waals surface area contributed by atoms with Crippen LogP contribution in [0.25, 0.3) is 0 Å². The fourth-order valence-electron chi connectivity index (χ4n) is 0.521. The fraction of sp³-hybridized carbons (Fsp3) is 0.750. The van der Waals surface area contributed by atoms with E-state index in [0.29, 0.717) is 5.92 Å². The van der Waals surface area contributed by atoms with Gasteiger partial charge in [0, 0.05) is 11.3 Å². The van der Waals surface area contributed by atoms with Crippen LogP contribution in [0.5, 0.6) is 0 Å². The summed E-state index contributed by atoms with van der Waals surface area (Å²) in [5.41, 5.74) is 8.33. The van der Waals surface area contributed by atoms with Crippen molar-refractivity contribution in [2.75, 3.05) is 18.1 Å². The van der Waals surface area contributed by atoms with Gasteiger partial charge in [-0.25, -0.2) is 0 Å². The molecule has 0 aliphatic rings. The SMILES string of the molecule is CC(=CCl)CSCC(C)CN. The Kier molecular flexibility index (Phi) is 7.23. The normalized spacial score (nSPS) is 15.1. The minimum absolute atomic E-state index is 0.614. The van der Waals surface area contributed by atoms with Gasteiger partial charge in [-0.05, 0) is 25.1 Å². The van der Waals surface area contributed by atoms with E-state index in [4.69, 9.17) is 17.3 Å². The molecule has 0 aromatic carbocycles. The molecule has 3 heteroatoms. The van der Waals surface area contributed by atoms with Crippen LogP contribution >= 0.6 is 23.4 Å². The second-order valence-corrected chi connectivity index (χ2v) is 4.06. The predicted octanol–water partition coefficient (Wildman–Crippen LogP) is 2.46. The summed E-state index contributed by atoms with van der Waals surface area (Å²) in [6, 6.07) is 0. The summed E-state index contributed by atoms with van der Waals surface area (Å²) in [4.78, 5) is 0. The van der Waals surface area contributed by atoms with Gasteiger partial charge in [0.1, 0.15) is 0 Å². The Bertz CT molecular complexity index is 125. The Hall–Kier alpha value is 0.340. The van der Waals surface area contributed by atoms with Crippen LogP contribution < -0.4 is 5.73 Å². The Morgan fingerprint density at radius 2 is 2.36 bits per heavy atom. The van der Waals surface area contributed by atoms with E-state index in [-0.39, 0.29) is 0 Å². The highest BCUT2D eigenvalue weighted by molar-refractivity contribution is 7.99. The highest BCUT2D eigenvalue weighted by atomic mass is 35.5. The maximum absolute atomic E-state index is 5.50. The molecule has 0 spiro atoms. The van der Waals surface area contributed by atoms with Crippen LogP contribution in [0.4, 0.5) is 0 Å². The number of halogens is 1. The van der Waals surface area contributed by atoms with Crippen molar-refractivity contribution in [3.05, 3.63) is 11.1 Å². The van der Waals surface area contributed by atoms with Crippen LogP contribution in [0.2, 0.25) is 0 Å². The number of rotatable bonds is 5. The fourth-order valence-corrected chi connectivity index (χ4v) is 1.75. The van der Waals surface area contributed by atoms with E-state index in [1.165, 1.54) is 5.57 Å². The quantitative estimate of drug-likeness (QED) is 0.726. The van der Waals surface area contributed by atoms with Gasteiger partial charge in [-0.1, -0.05) is 24.1 Å². The van der Waals surface area contributed by atoms with E-state index >= 15 is 0 Å². The van der Waals surface area contributed by atoms with Gasteiger partial charge in [0.25, 0.3) is 0 Å². The van der Waals surface area contributed by atoms with Gasteiger partial charge in [0.15, 0.2) is 0 Å². The van der Waals surface area contributed by atoms with E-state index < -0.39 is 0 Å². The van der Waals surface area contributed by atoms with E-state index in [2.05, 4.69) is 6.92 Å². The van der Waals surface area contributed by atoms with Crippen molar-refractivity contribution in [2.24, 2.45) is 11.7 Å². The molecule has 11 heavy (non-hydrogen) atoms. The van der Waals surface area contributed by atoms with E-state index in [1.54, 1.807) is 5.54 Å². The molecule has 0 aliphatic heterocycles. The zero-order valence-corrected chi connectivity index (χ0v) is 8.71. The Balaban J connectivity index is 3.27. The van der Waals surface area contributed by atoms with Crippen molar-refractivity contribution in [2.45, 2.75) is 13.8 Å². The number of nitrogens with two attached hydrogens (primary N) is 1. The van der Waals surface area contributed by atoms with Gasteiger partial charge in [0.2, 0.25) is 0 Å². The predicted molar refractivity (Wildman–Crippen MR) is 55.2 cm³/mol. The minimum Gasteiger partial charge on any atom is -0.330 e. The first-order valence-corrected chi connectivity index (χ1v) is 5.33. The maximum atomic E-state index is 5.50. The van der Waals surface area contributed by atoms with Gasteiger partial charge in [0.05, 0.1) is 0 Å². The number of thioether (sulfide) groups is 1. The number of hydrogen-bond donors (Lipinski definition) is 1. The lowest BCUT2D eigenvalue weighted by atomic mass is 10.2. The lowest BCUT2D eigenvalue weighted by molar-refractivity contribution is 0.676. The summed E-state index contributed by atoms with van der Waals surface area (Å²) in [6.45, 7) is 4.97. The van der Waals surface area contributed by atoms with Crippen molar-refractivity contribution in [1.82, 2.24) is 0 Å². The van der Waals surface area contributed by atoms with E-state index in [0.717, 1.165) is 18.1 Å². The Morgan fingerprint density at radius 3 is 2.82 bits per heavy atom. The van der Waals surface area contributed by atoms with E-state index in [9.17, 15) is 0 Å². The molecule has 0 aromatic rings. The second-order valence-electron chi connectivity index (χ2n) is 2.81. The summed E-state index contributed by atoms with van der Waals surface area (Å²) < 4.78 is 0. The Morgan fingerprint density at radius 1 is 1.73 bits per heavy atom. The molecule has 0 radical (unpaired) electrons. The molecule has 0 bridgehead atoms. The monoisotopic (exact) mass is 193 g/mol. The molecule has 0 rings (SSSR count). The molecule has 1 unspecified atom stereocenters. The third-order valence-electron chi connectivity index (χ3n) is 1.32. The first kappa shape index (κ1) is 11.3. The molecule has 1 atom stereocenters. The average molecular weight is 194 g/mol. The third-order valence-corrected chi connectivity index (χ3v) is 3.16. The molecule has 66 valence electrons. The Labute approximate surface area is 78.4 Å². The summed E-state index contributed by atoms with van der Waals surface area (Å²) in [5.74, 6) is 2.76. The van der Waals surface area contributed by atoms with Gasteiger partial charge in [-0.15, -0.1) is 0 Å².